The van der Waals surface area contributed by atoms with Gasteiger partial charge >= 0.3 is 0 Å². The standard InChI is InChI=1S/C17H28N4/c1-15(2)11-19-9-13-10-21(20-14(13)15)12-16-3-6-17(18,7-4-16)8-5-16/h10,19H,3-9,11-12,18H2,1-2H3. The van der Waals surface area contributed by atoms with Crippen LogP contribution in [0.2, 0.25) is 0 Å². The van der Waals surface area contributed by atoms with Crippen LogP contribution in [0.5, 0.6) is 0 Å². The van der Waals surface area contributed by atoms with E-state index in [1.54, 1.807) is 0 Å². The van der Waals surface area contributed by atoms with E-state index in [1.807, 2.05) is 0 Å². The number of hydrogen-bond acceptors (Lipinski definition) is 3. The smallest absolute Gasteiger partial charge is 0.0738 e. The Balaban J connectivity index is 1.57. The number of hydrogen-bond donors (Lipinski definition) is 2. The van der Waals surface area contributed by atoms with E-state index in [2.05, 4.69) is 30.0 Å². The molecule has 3 saturated carbocycles. The largest absolute Gasteiger partial charge is 0.325 e. The van der Waals surface area contributed by atoms with E-state index >= 15 is 0 Å². The number of rotatable bonds is 2. The average Bonchev–Trinajstić information content (AvgIpc) is 2.84. The van der Waals surface area contributed by atoms with E-state index in [4.69, 9.17) is 10.8 Å². The molecule has 3 N–H and O–H groups in total. The summed E-state index contributed by atoms with van der Waals surface area (Å²) in [7, 11) is 0. The van der Waals surface area contributed by atoms with Crippen molar-refractivity contribution in [1.82, 2.24) is 15.1 Å². The zero-order valence-corrected chi connectivity index (χ0v) is 13.4. The van der Waals surface area contributed by atoms with Crippen molar-refractivity contribution >= 4 is 0 Å². The molecule has 3 aliphatic carbocycles. The van der Waals surface area contributed by atoms with Crippen LogP contribution in [0.4, 0.5) is 0 Å². The van der Waals surface area contributed by atoms with E-state index in [0.717, 1.165) is 19.6 Å². The number of nitrogens with zero attached hydrogens (tertiary/aromatic N) is 2. The second-order valence-corrected chi connectivity index (χ2v) is 8.55. The van der Waals surface area contributed by atoms with Crippen molar-refractivity contribution in [3.8, 4) is 0 Å². The summed E-state index contributed by atoms with van der Waals surface area (Å²) in [5.41, 5.74) is 9.91. The Morgan fingerprint density at radius 2 is 1.86 bits per heavy atom. The Morgan fingerprint density at radius 1 is 1.19 bits per heavy atom. The summed E-state index contributed by atoms with van der Waals surface area (Å²) in [4.78, 5) is 0. The van der Waals surface area contributed by atoms with Crippen LogP contribution >= 0.6 is 0 Å². The van der Waals surface area contributed by atoms with Gasteiger partial charge in [-0.1, -0.05) is 13.8 Å². The minimum absolute atomic E-state index is 0.155. The zero-order chi connectivity index (χ0) is 14.7. The summed E-state index contributed by atoms with van der Waals surface area (Å²) in [6, 6.07) is 0. The molecule has 0 amide bonds. The van der Waals surface area contributed by atoms with Gasteiger partial charge in [0.2, 0.25) is 0 Å². The highest BCUT2D eigenvalue weighted by Gasteiger charge is 2.47. The maximum Gasteiger partial charge on any atom is 0.0738 e. The molecule has 5 rings (SSSR count). The van der Waals surface area contributed by atoms with Crippen molar-refractivity contribution in [3.63, 3.8) is 0 Å². The number of nitrogens with two attached hydrogens (primary N) is 1. The molecule has 0 spiro atoms. The fraction of sp³-hybridized carbons (Fsp3) is 0.824. The number of aromatic nitrogens is 2. The van der Waals surface area contributed by atoms with Crippen LogP contribution in [0, 0.1) is 5.41 Å². The van der Waals surface area contributed by atoms with Gasteiger partial charge < -0.3 is 11.1 Å². The second-order valence-electron chi connectivity index (χ2n) is 8.55. The van der Waals surface area contributed by atoms with Gasteiger partial charge in [0.15, 0.2) is 0 Å². The van der Waals surface area contributed by atoms with Crippen molar-refractivity contribution < 1.29 is 0 Å². The Hall–Kier alpha value is -0.870. The molecule has 2 bridgehead atoms. The number of nitrogens with one attached hydrogen (secondary N) is 1. The highest BCUT2D eigenvalue weighted by Crippen LogP contribution is 2.52. The Morgan fingerprint density at radius 3 is 2.48 bits per heavy atom. The van der Waals surface area contributed by atoms with Gasteiger partial charge in [0.05, 0.1) is 5.69 Å². The van der Waals surface area contributed by atoms with Gasteiger partial charge in [-0.15, -0.1) is 0 Å². The molecule has 0 saturated heterocycles. The van der Waals surface area contributed by atoms with Gasteiger partial charge in [0.1, 0.15) is 0 Å². The third kappa shape index (κ3) is 2.23. The van der Waals surface area contributed by atoms with Crippen LogP contribution in [-0.2, 0) is 18.5 Å². The van der Waals surface area contributed by atoms with Crippen LogP contribution in [0.25, 0.3) is 0 Å². The van der Waals surface area contributed by atoms with Gasteiger partial charge in [-0.05, 0) is 43.9 Å². The predicted octanol–water partition coefficient (Wildman–Crippen LogP) is 2.32. The Bertz CT molecular complexity index is 533. The monoisotopic (exact) mass is 288 g/mol. The topological polar surface area (TPSA) is 55.9 Å². The molecule has 0 atom stereocenters. The van der Waals surface area contributed by atoms with E-state index in [1.165, 1.54) is 49.8 Å². The lowest BCUT2D eigenvalue weighted by Gasteiger charge is -2.51. The summed E-state index contributed by atoms with van der Waals surface area (Å²) in [5.74, 6) is 0. The van der Waals surface area contributed by atoms with Crippen LogP contribution in [0.1, 0.15) is 63.6 Å². The fourth-order valence-electron chi connectivity index (χ4n) is 4.71. The molecule has 1 aromatic heterocycles. The zero-order valence-electron chi connectivity index (χ0n) is 13.4. The van der Waals surface area contributed by atoms with E-state index < -0.39 is 0 Å². The molecular weight excluding hydrogens is 260 g/mol. The van der Waals surface area contributed by atoms with E-state index in [9.17, 15) is 0 Å². The molecule has 0 radical (unpaired) electrons. The lowest BCUT2D eigenvalue weighted by Crippen LogP contribution is -2.53. The Kier molecular flexibility index (Phi) is 2.84. The minimum Gasteiger partial charge on any atom is -0.325 e. The van der Waals surface area contributed by atoms with Gasteiger partial charge in [0.25, 0.3) is 0 Å². The highest BCUT2D eigenvalue weighted by atomic mass is 15.3. The lowest BCUT2D eigenvalue weighted by atomic mass is 9.57. The summed E-state index contributed by atoms with van der Waals surface area (Å²) in [6.07, 6.45) is 9.78. The maximum absolute atomic E-state index is 6.43. The maximum atomic E-state index is 6.43. The first-order chi connectivity index (χ1) is 9.90. The molecule has 2 heterocycles. The molecule has 3 fully saturated rings. The normalized spacial score (nSPS) is 37.5. The van der Waals surface area contributed by atoms with Crippen LogP contribution in [-0.4, -0.2) is 21.9 Å². The molecule has 116 valence electrons. The first kappa shape index (κ1) is 13.8. The third-order valence-electron chi connectivity index (χ3n) is 6.32. The van der Waals surface area contributed by atoms with Gasteiger partial charge in [-0.25, -0.2) is 0 Å². The summed E-state index contributed by atoms with van der Waals surface area (Å²) in [6.45, 7) is 7.66. The highest BCUT2D eigenvalue weighted by molar-refractivity contribution is 5.28. The van der Waals surface area contributed by atoms with Crippen molar-refractivity contribution in [2.24, 2.45) is 11.1 Å². The first-order valence-electron chi connectivity index (χ1n) is 8.46. The van der Waals surface area contributed by atoms with Crippen molar-refractivity contribution in [2.45, 2.75) is 76.4 Å². The molecule has 0 unspecified atom stereocenters. The third-order valence-corrected chi connectivity index (χ3v) is 6.32. The molecule has 4 heteroatoms. The summed E-state index contributed by atoms with van der Waals surface area (Å²) >= 11 is 0. The molecule has 21 heavy (non-hydrogen) atoms. The van der Waals surface area contributed by atoms with E-state index in [0.29, 0.717) is 5.41 Å². The predicted molar refractivity (Wildman–Crippen MR) is 84.0 cm³/mol. The van der Waals surface area contributed by atoms with Crippen molar-refractivity contribution in [3.05, 3.63) is 17.5 Å². The SMILES string of the molecule is CC1(C)CNCc2cn(CC34CCC(N)(CC3)CC4)nc21. The molecule has 4 nitrogen and oxygen atoms in total. The molecule has 0 aromatic carbocycles. The minimum atomic E-state index is 0.155. The van der Waals surface area contributed by atoms with Crippen LogP contribution in [0.3, 0.4) is 0 Å². The lowest BCUT2D eigenvalue weighted by molar-refractivity contribution is 0.0269. The van der Waals surface area contributed by atoms with Gasteiger partial charge in [-0.3, -0.25) is 4.68 Å². The fourth-order valence-corrected chi connectivity index (χ4v) is 4.71. The Labute approximate surface area is 127 Å². The van der Waals surface area contributed by atoms with Crippen molar-refractivity contribution in [1.29, 1.82) is 0 Å². The van der Waals surface area contributed by atoms with Crippen molar-refractivity contribution in [2.75, 3.05) is 6.54 Å². The molecular formula is C17H28N4. The molecule has 1 aromatic rings. The molecule has 1 aliphatic heterocycles. The quantitative estimate of drug-likeness (QED) is 0.878. The van der Waals surface area contributed by atoms with Crippen LogP contribution in [0.15, 0.2) is 6.20 Å². The molecule has 4 aliphatic rings. The van der Waals surface area contributed by atoms with E-state index in [-0.39, 0.29) is 11.0 Å². The number of fused-ring (bicyclic) bond motifs is 4. The summed E-state index contributed by atoms with van der Waals surface area (Å²) in [5, 5.41) is 8.49. The first-order valence-corrected chi connectivity index (χ1v) is 8.46. The second kappa shape index (κ2) is 4.32. The van der Waals surface area contributed by atoms with Gasteiger partial charge in [-0.2, -0.15) is 5.10 Å². The van der Waals surface area contributed by atoms with Crippen LogP contribution < -0.4 is 11.1 Å². The average molecular weight is 288 g/mol. The summed E-state index contributed by atoms with van der Waals surface area (Å²) < 4.78 is 2.24. The van der Waals surface area contributed by atoms with Gasteiger partial charge in [0, 0.05) is 42.3 Å².